The predicted octanol–water partition coefficient (Wildman–Crippen LogP) is 3.09. The van der Waals surface area contributed by atoms with Crippen molar-refractivity contribution in [3.8, 4) is 0 Å². The average Bonchev–Trinajstić information content (AvgIpc) is 3.34. The molecule has 2 saturated heterocycles. The Morgan fingerprint density at radius 3 is 2.72 bits per heavy atom. The SMILES string of the molecule is CCNC(=NCC(C(C)C)N1CCCC1)NC1CCN(c2ncccc2F)C1.I. The lowest BCUT2D eigenvalue weighted by atomic mass is 10.0. The summed E-state index contributed by atoms with van der Waals surface area (Å²) in [6, 6.07) is 3.83. The van der Waals surface area contributed by atoms with Gasteiger partial charge in [0, 0.05) is 37.9 Å². The van der Waals surface area contributed by atoms with Gasteiger partial charge in [-0.25, -0.2) is 9.37 Å². The molecule has 2 unspecified atom stereocenters. The second-order valence-corrected chi connectivity index (χ2v) is 8.16. The lowest BCUT2D eigenvalue weighted by Gasteiger charge is -2.30. The lowest BCUT2D eigenvalue weighted by molar-refractivity contribution is 0.197. The molecule has 0 amide bonds. The molecule has 3 heterocycles. The summed E-state index contributed by atoms with van der Waals surface area (Å²) < 4.78 is 14.0. The largest absolute Gasteiger partial charge is 0.357 e. The molecule has 0 radical (unpaired) electrons. The Kier molecular flexibility index (Phi) is 9.88. The molecule has 2 aliphatic rings. The lowest BCUT2D eigenvalue weighted by Crippen LogP contribution is -2.46. The Hall–Kier alpha value is -1.16. The number of hydrogen-bond acceptors (Lipinski definition) is 4. The molecule has 0 bridgehead atoms. The first kappa shape index (κ1) is 24.1. The zero-order valence-electron chi connectivity index (χ0n) is 17.9. The molecule has 2 atom stereocenters. The Morgan fingerprint density at radius 1 is 1.31 bits per heavy atom. The highest BCUT2D eigenvalue weighted by Gasteiger charge is 2.27. The fourth-order valence-corrected chi connectivity index (χ4v) is 4.20. The summed E-state index contributed by atoms with van der Waals surface area (Å²) in [5.41, 5.74) is 0. The van der Waals surface area contributed by atoms with Crippen LogP contribution >= 0.6 is 24.0 Å². The fourth-order valence-electron chi connectivity index (χ4n) is 4.20. The van der Waals surface area contributed by atoms with Crippen LogP contribution < -0.4 is 15.5 Å². The Labute approximate surface area is 191 Å². The van der Waals surface area contributed by atoms with Gasteiger partial charge >= 0.3 is 0 Å². The van der Waals surface area contributed by atoms with Crippen molar-refractivity contribution in [3.05, 3.63) is 24.1 Å². The van der Waals surface area contributed by atoms with Crippen molar-refractivity contribution in [2.24, 2.45) is 10.9 Å². The molecule has 6 nitrogen and oxygen atoms in total. The van der Waals surface area contributed by atoms with Gasteiger partial charge in [-0.05, 0) is 57.3 Å². The Morgan fingerprint density at radius 2 is 2.07 bits per heavy atom. The number of aliphatic imine (C=N–C) groups is 1. The van der Waals surface area contributed by atoms with Crippen molar-refractivity contribution in [3.63, 3.8) is 0 Å². The normalized spacial score (nSPS) is 21.3. The van der Waals surface area contributed by atoms with Crippen molar-refractivity contribution in [2.75, 3.05) is 44.2 Å². The van der Waals surface area contributed by atoms with E-state index in [9.17, 15) is 4.39 Å². The van der Waals surface area contributed by atoms with Crippen molar-refractivity contribution in [1.82, 2.24) is 20.5 Å². The smallest absolute Gasteiger partial charge is 0.191 e. The molecule has 2 N–H and O–H groups in total. The van der Waals surface area contributed by atoms with Gasteiger partial charge in [-0.15, -0.1) is 24.0 Å². The number of pyridine rings is 1. The van der Waals surface area contributed by atoms with Crippen molar-refractivity contribution in [2.45, 2.75) is 52.1 Å². The molecular weight excluding hydrogens is 482 g/mol. The number of anilines is 1. The van der Waals surface area contributed by atoms with Crippen LogP contribution in [0.1, 0.15) is 40.0 Å². The van der Waals surface area contributed by atoms with Crippen LogP contribution in [0.2, 0.25) is 0 Å². The van der Waals surface area contributed by atoms with E-state index in [0.29, 0.717) is 17.8 Å². The third-order valence-corrected chi connectivity index (χ3v) is 5.73. The molecule has 3 rings (SSSR count). The van der Waals surface area contributed by atoms with Gasteiger partial charge < -0.3 is 15.5 Å². The number of rotatable bonds is 7. The van der Waals surface area contributed by atoms with E-state index in [1.54, 1.807) is 12.3 Å². The summed E-state index contributed by atoms with van der Waals surface area (Å²) in [6.07, 6.45) is 5.19. The van der Waals surface area contributed by atoms with Crippen LogP contribution in [-0.4, -0.2) is 67.2 Å². The van der Waals surface area contributed by atoms with Gasteiger partial charge in [0.05, 0.1) is 6.54 Å². The van der Waals surface area contributed by atoms with Gasteiger partial charge in [0.2, 0.25) is 0 Å². The van der Waals surface area contributed by atoms with E-state index in [-0.39, 0.29) is 35.8 Å². The van der Waals surface area contributed by atoms with Crippen molar-refractivity contribution in [1.29, 1.82) is 0 Å². The Balaban J connectivity index is 0.00000300. The second kappa shape index (κ2) is 11.9. The van der Waals surface area contributed by atoms with E-state index < -0.39 is 0 Å². The number of guanidine groups is 1. The molecule has 2 fully saturated rings. The molecule has 29 heavy (non-hydrogen) atoms. The first-order valence-corrected chi connectivity index (χ1v) is 10.7. The number of likely N-dealkylation sites (tertiary alicyclic amines) is 1. The monoisotopic (exact) mass is 518 g/mol. The predicted molar refractivity (Wildman–Crippen MR) is 129 cm³/mol. The van der Waals surface area contributed by atoms with E-state index in [4.69, 9.17) is 4.99 Å². The molecule has 8 heteroatoms. The molecule has 0 saturated carbocycles. The number of aromatic nitrogens is 1. The number of nitrogens with one attached hydrogen (secondary N) is 2. The topological polar surface area (TPSA) is 55.8 Å². The van der Waals surface area contributed by atoms with Crippen LogP contribution in [0.3, 0.4) is 0 Å². The quantitative estimate of drug-likeness (QED) is 0.330. The van der Waals surface area contributed by atoms with Gasteiger partial charge in [-0.3, -0.25) is 9.89 Å². The summed E-state index contributed by atoms with van der Waals surface area (Å²) in [4.78, 5) is 13.7. The maximum absolute atomic E-state index is 14.0. The van der Waals surface area contributed by atoms with Gasteiger partial charge in [0.15, 0.2) is 17.6 Å². The molecule has 2 aliphatic heterocycles. The summed E-state index contributed by atoms with van der Waals surface area (Å²) in [6.45, 7) is 12.2. The summed E-state index contributed by atoms with van der Waals surface area (Å²) in [5, 5.41) is 6.92. The van der Waals surface area contributed by atoms with Crippen LogP contribution in [0.25, 0.3) is 0 Å². The fraction of sp³-hybridized carbons (Fsp3) is 0.714. The maximum Gasteiger partial charge on any atom is 0.191 e. The Bertz CT molecular complexity index is 650. The van der Waals surface area contributed by atoms with Crippen LogP contribution in [0, 0.1) is 11.7 Å². The number of nitrogens with zero attached hydrogens (tertiary/aromatic N) is 4. The van der Waals surface area contributed by atoms with Crippen LogP contribution in [0.4, 0.5) is 10.2 Å². The first-order chi connectivity index (χ1) is 13.6. The highest BCUT2D eigenvalue weighted by atomic mass is 127. The molecule has 0 spiro atoms. The first-order valence-electron chi connectivity index (χ1n) is 10.7. The zero-order chi connectivity index (χ0) is 19.9. The third-order valence-electron chi connectivity index (χ3n) is 5.73. The molecule has 0 aliphatic carbocycles. The van der Waals surface area contributed by atoms with Gasteiger partial charge in [-0.1, -0.05) is 13.8 Å². The van der Waals surface area contributed by atoms with Gasteiger partial charge in [0.1, 0.15) is 0 Å². The van der Waals surface area contributed by atoms with Crippen LogP contribution in [0.5, 0.6) is 0 Å². The van der Waals surface area contributed by atoms with Crippen molar-refractivity contribution < 1.29 is 4.39 Å². The van der Waals surface area contributed by atoms with E-state index in [2.05, 4.69) is 41.3 Å². The average molecular weight is 518 g/mol. The van der Waals surface area contributed by atoms with E-state index >= 15 is 0 Å². The van der Waals surface area contributed by atoms with Crippen LogP contribution in [0.15, 0.2) is 23.3 Å². The van der Waals surface area contributed by atoms with Gasteiger partial charge in [-0.2, -0.15) is 0 Å². The van der Waals surface area contributed by atoms with Crippen molar-refractivity contribution >= 4 is 35.8 Å². The summed E-state index contributed by atoms with van der Waals surface area (Å²) in [7, 11) is 0. The van der Waals surface area contributed by atoms with E-state index in [1.165, 1.54) is 32.0 Å². The van der Waals surface area contributed by atoms with E-state index in [1.807, 2.05) is 4.90 Å². The highest BCUT2D eigenvalue weighted by Crippen LogP contribution is 2.21. The molecule has 164 valence electrons. The third kappa shape index (κ3) is 6.67. The molecule has 1 aromatic heterocycles. The standard InChI is InChI=1S/C21H35FN6.HI/c1-4-23-21(25-14-19(16(2)3)27-11-5-6-12-27)26-17-9-13-28(15-17)20-18(22)8-7-10-24-20;/h7-8,10,16-17,19H,4-6,9,11-15H2,1-3H3,(H2,23,25,26);1H. The highest BCUT2D eigenvalue weighted by molar-refractivity contribution is 14.0. The van der Waals surface area contributed by atoms with Gasteiger partial charge in [0.25, 0.3) is 0 Å². The maximum atomic E-state index is 14.0. The number of halogens is 2. The second-order valence-electron chi connectivity index (χ2n) is 8.16. The minimum absolute atomic E-state index is 0. The van der Waals surface area contributed by atoms with E-state index in [0.717, 1.165) is 38.6 Å². The molecule has 0 aromatic carbocycles. The van der Waals surface area contributed by atoms with Crippen LogP contribution in [-0.2, 0) is 0 Å². The summed E-state index contributed by atoms with van der Waals surface area (Å²) >= 11 is 0. The zero-order valence-corrected chi connectivity index (χ0v) is 20.2. The summed E-state index contributed by atoms with van der Waals surface area (Å²) in [5.74, 6) is 1.64. The molecular formula is C21H36FIN6. The minimum Gasteiger partial charge on any atom is -0.357 e. The number of hydrogen-bond donors (Lipinski definition) is 2. The minimum atomic E-state index is -0.255. The molecule has 1 aromatic rings.